The third kappa shape index (κ3) is 2.34. The van der Waals surface area contributed by atoms with Gasteiger partial charge in [0.25, 0.3) is 0 Å². The van der Waals surface area contributed by atoms with Gasteiger partial charge in [-0.15, -0.1) is 0 Å². The summed E-state index contributed by atoms with van der Waals surface area (Å²) in [4.78, 5) is 4.60. The van der Waals surface area contributed by atoms with Gasteiger partial charge < -0.3 is 24.1 Å². The molecule has 0 saturated carbocycles. The van der Waals surface area contributed by atoms with Crippen molar-refractivity contribution in [2.24, 2.45) is 0 Å². The monoisotopic (exact) mass is 337 g/mol. The van der Waals surface area contributed by atoms with Gasteiger partial charge in [-0.05, 0) is 47.7 Å². The molecule has 0 saturated heterocycles. The maximum Gasteiger partial charge on any atom is 0.231 e. The molecule has 1 N–H and O–H groups in total. The molecule has 3 aromatic rings. The number of fused-ring (bicyclic) bond motifs is 3. The minimum absolute atomic E-state index is 0.0545. The topological polar surface area (TPSA) is 70.0 Å². The van der Waals surface area contributed by atoms with Gasteiger partial charge in [-0.2, -0.15) is 0 Å². The van der Waals surface area contributed by atoms with Crippen molar-refractivity contribution in [3.63, 3.8) is 0 Å². The molecule has 2 aliphatic heterocycles. The van der Waals surface area contributed by atoms with Gasteiger partial charge in [0.2, 0.25) is 13.6 Å². The third-order valence-corrected chi connectivity index (χ3v) is 4.47. The van der Waals surface area contributed by atoms with Crippen LogP contribution in [0, 0.1) is 0 Å². The Morgan fingerprint density at radius 3 is 2.16 bits per heavy atom. The number of pyridine rings is 1. The average Bonchev–Trinajstić information content (AvgIpc) is 3.27. The first-order valence-corrected chi connectivity index (χ1v) is 8.05. The second-order valence-electron chi connectivity index (χ2n) is 5.96. The normalized spacial score (nSPS) is 14.3. The molecule has 6 heteroatoms. The molecule has 2 aromatic carbocycles. The molecule has 3 heterocycles. The lowest BCUT2D eigenvalue weighted by molar-refractivity contribution is 0.173. The van der Waals surface area contributed by atoms with E-state index in [0.717, 1.165) is 39.1 Å². The van der Waals surface area contributed by atoms with Crippen molar-refractivity contribution < 1.29 is 24.1 Å². The van der Waals surface area contributed by atoms with Gasteiger partial charge in [-0.25, -0.2) is 0 Å². The smallest absolute Gasteiger partial charge is 0.231 e. The first-order valence-electron chi connectivity index (χ1n) is 8.05. The number of rotatable bonds is 3. The summed E-state index contributed by atoms with van der Waals surface area (Å²) in [6.07, 6.45) is 2.34. The molecule has 6 nitrogen and oxygen atoms in total. The highest BCUT2D eigenvalue weighted by molar-refractivity contribution is 5.89. The van der Waals surface area contributed by atoms with E-state index in [4.69, 9.17) is 18.9 Å². The van der Waals surface area contributed by atoms with E-state index < -0.39 is 0 Å². The molecule has 1 aromatic heterocycles. The molecule has 0 bridgehead atoms. The largest absolute Gasteiger partial charge is 0.454 e. The van der Waals surface area contributed by atoms with E-state index in [1.54, 1.807) is 0 Å². The van der Waals surface area contributed by atoms with Crippen LogP contribution in [0.5, 0.6) is 23.0 Å². The van der Waals surface area contributed by atoms with Crippen LogP contribution in [-0.2, 0) is 6.42 Å². The van der Waals surface area contributed by atoms with Crippen molar-refractivity contribution in [2.75, 3.05) is 20.2 Å². The zero-order valence-electron chi connectivity index (χ0n) is 13.3. The third-order valence-electron chi connectivity index (χ3n) is 4.47. The Balaban J connectivity index is 1.66. The Morgan fingerprint density at radius 2 is 1.44 bits per heavy atom. The second kappa shape index (κ2) is 5.53. The molecule has 25 heavy (non-hydrogen) atoms. The van der Waals surface area contributed by atoms with Gasteiger partial charge in [-0.1, -0.05) is 0 Å². The highest BCUT2D eigenvalue weighted by Crippen LogP contribution is 2.40. The Bertz CT molecular complexity index is 985. The van der Waals surface area contributed by atoms with E-state index in [2.05, 4.69) is 4.98 Å². The highest BCUT2D eigenvalue weighted by atomic mass is 16.7. The van der Waals surface area contributed by atoms with Crippen LogP contribution in [0.15, 0.2) is 36.5 Å². The maximum atomic E-state index is 9.39. The van der Waals surface area contributed by atoms with E-state index in [1.807, 2.05) is 36.5 Å². The fourth-order valence-corrected chi connectivity index (χ4v) is 3.23. The first kappa shape index (κ1) is 14.4. The molecule has 126 valence electrons. The summed E-state index contributed by atoms with van der Waals surface area (Å²) in [6, 6.07) is 9.74. The number of aliphatic hydroxyl groups excluding tert-OH is 1. The van der Waals surface area contributed by atoms with E-state index >= 15 is 0 Å². The molecule has 2 aliphatic rings. The van der Waals surface area contributed by atoms with Gasteiger partial charge in [-0.3, -0.25) is 4.98 Å². The van der Waals surface area contributed by atoms with Gasteiger partial charge in [0, 0.05) is 23.8 Å². The Hall–Kier alpha value is -2.99. The SMILES string of the molecule is OCCc1cc2c(cc1-c1cc3cc4c(cc3cn1)OCO4)OCO2. The van der Waals surface area contributed by atoms with Crippen LogP contribution >= 0.6 is 0 Å². The van der Waals surface area contributed by atoms with Crippen LogP contribution in [0.3, 0.4) is 0 Å². The van der Waals surface area contributed by atoms with Crippen molar-refractivity contribution in [1.29, 1.82) is 0 Å². The van der Waals surface area contributed by atoms with E-state index in [9.17, 15) is 5.11 Å². The molecule has 0 radical (unpaired) electrons. The van der Waals surface area contributed by atoms with Crippen molar-refractivity contribution in [3.05, 3.63) is 42.1 Å². The summed E-state index contributed by atoms with van der Waals surface area (Å²) in [5.74, 6) is 2.89. The number of benzene rings is 2. The number of hydrogen-bond acceptors (Lipinski definition) is 6. The Kier molecular flexibility index (Phi) is 3.18. The second-order valence-corrected chi connectivity index (χ2v) is 5.96. The molecule has 0 amide bonds. The number of aliphatic hydroxyl groups is 1. The number of ether oxygens (including phenoxy) is 4. The van der Waals surface area contributed by atoms with Gasteiger partial charge >= 0.3 is 0 Å². The molecule has 0 spiro atoms. The average molecular weight is 337 g/mol. The van der Waals surface area contributed by atoms with Crippen molar-refractivity contribution >= 4 is 10.8 Å². The predicted octanol–water partition coefficient (Wildman–Crippen LogP) is 2.89. The molecular weight excluding hydrogens is 322 g/mol. The molecule has 0 fully saturated rings. The standard InChI is InChI=1S/C19H15NO5/c21-2-1-11-4-16-19(25-10-22-16)7-14(11)15-3-12-5-17-18(24-9-23-17)6-13(12)8-20-15/h3-8,21H,1-2,9-10H2. The van der Waals surface area contributed by atoms with E-state index in [0.29, 0.717) is 17.9 Å². The zero-order valence-corrected chi connectivity index (χ0v) is 13.3. The maximum absolute atomic E-state index is 9.39. The van der Waals surface area contributed by atoms with Gasteiger partial charge in [0.15, 0.2) is 23.0 Å². The lowest BCUT2D eigenvalue weighted by atomic mass is 9.99. The van der Waals surface area contributed by atoms with Crippen LogP contribution in [0.2, 0.25) is 0 Å². The number of nitrogens with zero attached hydrogens (tertiary/aromatic N) is 1. The summed E-state index contributed by atoms with van der Waals surface area (Å²) in [6.45, 7) is 0.514. The summed E-state index contributed by atoms with van der Waals surface area (Å²) in [5, 5.41) is 11.4. The zero-order chi connectivity index (χ0) is 16.8. The highest BCUT2D eigenvalue weighted by Gasteiger charge is 2.19. The minimum atomic E-state index is 0.0545. The molecule has 0 aliphatic carbocycles. The van der Waals surface area contributed by atoms with Gasteiger partial charge in [0.05, 0.1) is 5.69 Å². The molecule has 0 atom stereocenters. The summed E-state index contributed by atoms with van der Waals surface area (Å²) in [7, 11) is 0. The van der Waals surface area contributed by atoms with Crippen LogP contribution in [-0.4, -0.2) is 30.3 Å². The molecule has 5 rings (SSSR count). The first-order chi connectivity index (χ1) is 12.3. The van der Waals surface area contributed by atoms with E-state index in [-0.39, 0.29) is 20.2 Å². The summed E-state index contributed by atoms with van der Waals surface area (Å²) in [5.41, 5.74) is 2.71. The lowest BCUT2D eigenvalue weighted by Crippen LogP contribution is -1.96. The quantitative estimate of drug-likeness (QED) is 0.792. The lowest BCUT2D eigenvalue weighted by Gasteiger charge is -2.11. The van der Waals surface area contributed by atoms with Crippen LogP contribution < -0.4 is 18.9 Å². The minimum Gasteiger partial charge on any atom is -0.454 e. The summed E-state index contributed by atoms with van der Waals surface area (Å²) >= 11 is 0. The van der Waals surface area contributed by atoms with Gasteiger partial charge in [0.1, 0.15) is 0 Å². The summed E-state index contributed by atoms with van der Waals surface area (Å²) < 4.78 is 21.8. The van der Waals surface area contributed by atoms with Crippen LogP contribution in [0.4, 0.5) is 0 Å². The molecular formula is C19H15NO5. The van der Waals surface area contributed by atoms with E-state index in [1.165, 1.54) is 0 Å². The predicted molar refractivity (Wildman–Crippen MR) is 90.2 cm³/mol. The molecule has 0 unspecified atom stereocenters. The fourth-order valence-electron chi connectivity index (χ4n) is 3.23. The van der Waals surface area contributed by atoms with Crippen molar-refractivity contribution in [3.8, 4) is 34.3 Å². The Morgan fingerprint density at radius 1 is 0.800 bits per heavy atom. The van der Waals surface area contributed by atoms with Crippen LogP contribution in [0.25, 0.3) is 22.0 Å². The Labute approximate surface area is 143 Å². The number of hydrogen-bond donors (Lipinski definition) is 1. The fraction of sp³-hybridized carbons (Fsp3) is 0.211. The van der Waals surface area contributed by atoms with Crippen molar-refractivity contribution in [2.45, 2.75) is 6.42 Å². The van der Waals surface area contributed by atoms with Crippen LogP contribution in [0.1, 0.15) is 5.56 Å². The number of aromatic nitrogens is 1. The van der Waals surface area contributed by atoms with Crippen molar-refractivity contribution in [1.82, 2.24) is 4.98 Å².